The number of ether oxygens (including phenoxy) is 2. The van der Waals surface area contributed by atoms with Crippen molar-refractivity contribution in [3.8, 4) is 5.75 Å². The van der Waals surface area contributed by atoms with Crippen LogP contribution in [0.4, 0.5) is 0 Å². The van der Waals surface area contributed by atoms with E-state index in [9.17, 15) is 9.59 Å². The quantitative estimate of drug-likeness (QED) is 0.786. The number of benzene rings is 1. The van der Waals surface area contributed by atoms with Gasteiger partial charge in [-0.3, -0.25) is 9.59 Å². The molecule has 1 aromatic rings. The lowest BCUT2D eigenvalue weighted by Crippen LogP contribution is -2.47. The molecule has 0 aliphatic rings. The molecular weight excluding hydrogens is 294 g/mol. The number of halogens is 1. The summed E-state index contributed by atoms with van der Waals surface area (Å²) < 4.78 is 10.4. The molecule has 0 saturated heterocycles. The Labute approximate surface area is 129 Å². The highest BCUT2D eigenvalue weighted by Gasteiger charge is 2.29. The number of amides is 1. The minimum atomic E-state index is -1.05. The molecule has 0 unspecified atom stereocenters. The Morgan fingerprint density at radius 3 is 2.43 bits per heavy atom. The Bertz CT molecular complexity index is 485. The van der Waals surface area contributed by atoms with Gasteiger partial charge in [0, 0.05) is 11.6 Å². The molecule has 0 atom stereocenters. The SMILES string of the molecule is CCOC(=O)CCNC(=O)C(C)(C)Oc1ccc(Cl)cc1. The van der Waals surface area contributed by atoms with Crippen molar-refractivity contribution in [1.82, 2.24) is 5.32 Å². The van der Waals surface area contributed by atoms with E-state index in [2.05, 4.69) is 5.32 Å². The van der Waals surface area contributed by atoms with Gasteiger partial charge in [-0.1, -0.05) is 11.6 Å². The van der Waals surface area contributed by atoms with Gasteiger partial charge in [-0.15, -0.1) is 0 Å². The maximum absolute atomic E-state index is 12.1. The van der Waals surface area contributed by atoms with E-state index in [4.69, 9.17) is 21.1 Å². The third-order valence-electron chi connectivity index (χ3n) is 2.65. The first kappa shape index (κ1) is 17.3. The molecule has 1 N–H and O–H groups in total. The molecule has 1 amide bonds. The molecule has 1 rings (SSSR count). The third-order valence-corrected chi connectivity index (χ3v) is 2.91. The van der Waals surface area contributed by atoms with Crippen LogP contribution in [0.5, 0.6) is 5.75 Å². The first-order valence-corrected chi connectivity index (χ1v) is 7.11. The number of esters is 1. The number of hydrogen-bond donors (Lipinski definition) is 1. The van der Waals surface area contributed by atoms with Crippen LogP contribution in [-0.4, -0.2) is 30.6 Å². The Morgan fingerprint density at radius 1 is 1.24 bits per heavy atom. The molecule has 6 heteroatoms. The molecule has 0 aliphatic carbocycles. The van der Waals surface area contributed by atoms with Crippen LogP contribution in [0.1, 0.15) is 27.2 Å². The number of nitrogens with one attached hydrogen (secondary N) is 1. The van der Waals surface area contributed by atoms with Crippen LogP contribution in [0.15, 0.2) is 24.3 Å². The molecule has 0 fully saturated rings. The fourth-order valence-corrected chi connectivity index (χ4v) is 1.69. The fraction of sp³-hybridized carbons (Fsp3) is 0.467. The van der Waals surface area contributed by atoms with E-state index in [1.54, 1.807) is 45.0 Å². The highest BCUT2D eigenvalue weighted by Crippen LogP contribution is 2.20. The third kappa shape index (κ3) is 6.04. The number of rotatable bonds is 7. The van der Waals surface area contributed by atoms with Gasteiger partial charge in [0.15, 0.2) is 5.60 Å². The van der Waals surface area contributed by atoms with Crippen molar-refractivity contribution in [3.63, 3.8) is 0 Å². The van der Waals surface area contributed by atoms with Crippen molar-refractivity contribution in [3.05, 3.63) is 29.3 Å². The molecular formula is C15H20ClNO4. The standard InChI is InChI=1S/C15H20ClNO4/c1-4-20-13(18)9-10-17-14(19)15(2,3)21-12-7-5-11(16)6-8-12/h5-8H,4,9-10H2,1-3H3,(H,17,19). The second kappa shape index (κ2) is 7.88. The minimum absolute atomic E-state index is 0.136. The second-order valence-electron chi connectivity index (χ2n) is 4.88. The average Bonchev–Trinajstić information content (AvgIpc) is 2.41. The number of hydrogen-bond acceptors (Lipinski definition) is 4. The van der Waals surface area contributed by atoms with Crippen LogP contribution in [0.3, 0.4) is 0 Å². The van der Waals surface area contributed by atoms with Crippen LogP contribution < -0.4 is 10.1 Å². The fourth-order valence-electron chi connectivity index (χ4n) is 1.57. The molecule has 0 saturated carbocycles. The first-order chi connectivity index (χ1) is 9.85. The molecule has 1 aromatic carbocycles. The van der Waals surface area contributed by atoms with Gasteiger partial charge in [-0.05, 0) is 45.0 Å². The molecule has 5 nitrogen and oxygen atoms in total. The zero-order chi connectivity index (χ0) is 15.9. The highest BCUT2D eigenvalue weighted by atomic mass is 35.5. The number of carbonyl (C=O) groups is 2. The molecule has 0 heterocycles. The van der Waals surface area contributed by atoms with Gasteiger partial charge < -0.3 is 14.8 Å². The van der Waals surface area contributed by atoms with Gasteiger partial charge in [-0.25, -0.2) is 0 Å². The van der Waals surface area contributed by atoms with Crippen LogP contribution in [-0.2, 0) is 14.3 Å². The van der Waals surface area contributed by atoms with Crippen molar-refractivity contribution in [2.45, 2.75) is 32.8 Å². The Hall–Kier alpha value is -1.75. The summed E-state index contributed by atoms with van der Waals surface area (Å²) in [5.41, 5.74) is -1.05. The predicted octanol–water partition coefficient (Wildman–Crippen LogP) is 2.57. The smallest absolute Gasteiger partial charge is 0.307 e. The van der Waals surface area contributed by atoms with Crippen molar-refractivity contribution in [2.75, 3.05) is 13.2 Å². The van der Waals surface area contributed by atoms with E-state index in [0.717, 1.165) is 0 Å². The van der Waals surface area contributed by atoms with Crippen LogP contribution in [0, 0.1) is 0 Å². The summed E-state index contributed by atoms with van der Waals surface area (Å²) in [6.45, 7) is 5.59. The van der Waals surface area contributed by atoms with E-state index in [0.29, 0.717) is 17.4 Å². The van der Waals surface area contributed by atoms with Crippen molar-refractivity contribution in [1.29, 1.82) is 0 Å². The summed E-state index contributed by atoms with van der Waals surface area (Å²) in [6, 6.07) is 6.75. The Balaban J connectivity index is 2.47. The van der Waals surface area contributed by atoms with Crippen molar-refractivity contribution < 1.29 is 19.1 Å². The topological polar surface area (TPSA) is 64.6 Å². The summed E-state index contributed by atoms with van der Waals surface area (Å²) >= 11 is 5.79. The van der Waals surface area contributed by atoms with Crippen LogP contribution >= 0.6 is 11.6 Å². The van der Waals surface area contributed by atoms with Gasteiger partial charge >= 0.3 is 5.97 Å². The van der Waals surface area contributed by atoms with E-state index in [1.165, 1.54) is 0 Å². The van der Waals surface area contributed by atoms with E-state index in [-0.39, 0.29) is 24.8 Å². The van der Waals surface area contributed by atoms with Crippen LogP contribution in [0.2, 0.25) is 5.02 Å². The molecule has 0 spiro atoms. The van der Waals surface area contributed by atoms with Crippen molar-refractivity contribution >= 4 is 23.5 Å². The summed E-state index contributed by atoms with van der Waals surface area (Å²) in [5.74, 6) is -0.0964. The molecule has 21 heavy (non-hydrogen) atoms. The summed E-state index contributed by atoms with van der Waals surface area (Å²) in [6.07, 6.45) is 0.136. The van der Waals surface area contributed by atoms with E-state index in [1.807, 2.05) is 0 Å². The zero-order valence-corrected chi connectivity index (χ0v) is 13.2. The van der Waals surface area contributed by atoms with Crippen molar-refractivity contribution in [2.24, 2.45) is 0 Å². The molecule has 116 valence electrons. The monoisotopic (exact) mass is 313 g/mol. The average molecular weight is 314 g/mol. The largest absolute Gasteiger partial charge is 0.478 e. The van der Waals surface area contributed by atoms with Gasteiger partial charge in [0.1, 0.15) is 5.75 Å². The maximum Gasteiger partial charge on any atom is 0.307 e. The Morgan fingerprint density at radius 2 is 1.86 bits per heavy atom. The van der Waals surface area contributed by atoms with Gasteiger partial charge in [0.25, 0.3) is 5.91 Å². The van der Waals surface area contributed by atoms with Gasteiger partial charge in [0.2, 0.25) is 0 Å². The molecule has 0 bridgehead atoms. The van der Waals surface area contributed by atoms with Crippen LogP contribution in [0.25, 0.3) is 0 Å². The summed E-state index contributed by atoms with van der Waals surface area (Å²) in [4.78, 5) is 23.2. The van der Waals surface area contributed by atoms with E-state index < -0.39 is 5.60 Å². The molecule has 0 aliphatic heterocycles. The lowest BCUT2D eigenvalue weighted by atomic mass is 10.1. The van der Waals surface area contributed by atoms with Gasteiger partial charge in [0.05, 0.1) is 13.0 Å². The Kier molecular flexibility index (Phi) is 6.49. The van der Waals surface area contributed by atoms with Gasteiger partial charge in [-0.2, -0.15) is 0 Å². The summed E-state index contributed by atoms with van der Waals surface area (Å²) in [7, 11) is 0. The maximum atomic E-state index is 12.1. The molecule has 0 aromatic heterocycles. The lowest BCUT2D eigenvalue weighted by Gasteiger charge is -2.25. The first-order valence-electron chi connectivity index (χ1n) is 6.73. The predicted molar refractivity (Wildman–Crippen MR) is 80.4 cm³/mol. The highest BCUT2D eigenvalue weighted by molar-refractivity contribution is 6.30. The molecule has 0 radical (unpaired) electrons. The normalized spacial score (nSPS) is 10.9. The lowest BCUT2D eigenvalue weighted by molar-refractivity contribution is -0.143. The minimum Gasteiger partial charge on any atom is -0.478 e. The zero-order valence-electron chi connectivity index (χ0n) is 12.4. The van der Waals surface area contributed by atoms with E-state index >= 15 is 0 Å². The summed E-state index contributed by atoms with van der Waals surface area (Å²) in [5, 5.41) is 3.25. The number of carbonyl (C=O) groups excluding carboxylic acids is 2. The second-order valence-corrected chi connectivity index (χ2v) is 5.31.